The lowest BCUT2D eigenvalue weighted by molar-refractivity contribution is 0.607. The van der Waals surface area contributed by atoms with E-state index < -0.39 is 10.0 Å². The van der Waals surface area contributed by atoms with Gasteiger partial charge in [-0.25, -0.2) is 8.42 Å². The minimum Gasteiger partial charge on any atom is -0.345 e. The predicted octanol–water partition coefficient (Wildman–Crippen LogP) is 4.59. The van der Waals surface area contributed by atoms with Crippen molar-refractivity contribution in [3.05, 3.63) is 78.9 Å². The molecular formula is C21H23N3O2S. The highest BCUT2D eigenvalue weighted by Crippen LogP contribution is 2.29. The summed E-state index contributed by atoms with van der Waals surface area (Å²) < 4.78 is 25.4. The summed E-state index contributed by atoms with van der Waals surface area (Å²) in [5.74, 6) is 0. The van der Waals surface area contributed by atoms with Crippen LogP contribution in [0.1, 0.15) is 0 Å². The first-order valence-corrected chi connectivity index (χ1v) is 10.4. The molecule has 0 heterocycles. The van der Waals surface area contributed by atoms with Crippen LogP contribution < -0.4 is 14.5 Å². The molecule has 140 valence electrons. The minimum atomic E-state index is -3.30. The Hall–Kier alpha value is -2.99. The largest absolute Gasteiger partial charge is 0.345 e. The first-order chi connectivity index (χ1) is 12.8. The Balaban J connectivity index is 1.80. The molecule has 5 nitrogen and oxygen atoms in total. The molecule has 3 aromatic rings. The van der Waals surface area contributed by atoms with Gasteiger partial charge >= 0.3 is 0 Å². The van der Waals surface area contributed by atoms with E-state index in [0.717, 1.165) is 29.0 Å². The van der Waals surface area contributed by atoms with Crippen LogP contribution in [0.3, 0.4) is 0 Å². The van der Waals surface area contributed by atoms with E-state index in [2.05, 4.69) is 33.9 Å². The Morgan fingerprint density at radius 1 is 0.667 bits per heavy atom. The number of para-hydroxylation sites is 1. The van der Waals surface area contributed by atoms with Crippen molar-refractivity contribution in [3.63, 3.8) is 0 Å². The average Bonchev–Trinajstić information content (AvgIpc) is 2.66. The SMILES string of the molecule is CN(c1ccccc1)c1ccc(N(C)c2cccc(NS(C)(=O)=O)c2)cc1. The van der Waals surface area contributed by atoms with Crippen LogP contribution in [-0.4, -0.2) is 28.8 Å². The molecule has 0 saturated carbocycles. The normalized spacial score (nSPS) is 11.1. The van der Waals surface area contributed by atoms with E-state index in [4.69, 9.17) is 0 Å². The molecule has 0 bridgehead atoms. The van der Waals surface area contributed by atoms with Gasteiger partial charge in [-0.05, 0) is 54.6 Å². The fourth-order valence-corrected chi connectivity index (χ4v) is 3.40. The molecule has 0 aromatic heterocycles. The lowest BCUT2D eigenvalue weighted by Crippen LogP contribution is -2.13. The van der Waals surface area contributed by atoms with Crippen LogP contribution in [0.2, 0.25) is 0 Å². The zero-order valence-electron chi connectivity index (χ0n) is 15.6. The third-order valence-corrected chi connectivity index (χ3v) is 4.91. The molecule has 0 atom stereocenters. The number of sulfonamides is 1. The second-order valence-corrected chi connectivity index (χ2v) is 8.14. The van der Waals surface area contributed by atoms with Crippen LogP contribution in [0.5, 0.6) is 0 Å². The zero-order valence-corrected chi connectivity index (χ0v) is 16.4. The van der Waals surface area contributed by atoms with E-state index >= 15 is 0 Å². The fourth-order valence-electron chi connectivity index (χ4n) is 2.84. The Morgan fingerprint density at radius 3 is 1.70 bits per heavy atom. The Morgan fingerprint density at radius 2 is 1.15 bits per heavy atom. The Kier molecular flexibility index (Phi) is 5.37. The van der Waals surface area contributed by atoms with Gasteiger partial charge in [-0.1, -0.05) is 24.3 Å². The number of benzene rings is 3. The molecule has 3 aromatic carbocycles. The Labute approximate surface area is 160 Å². The highest BCUT2D eigenvalue weighted by atomic mass is 32.2. The second kappa shape index (κ2) is 7.72. The summed E-state index contributed by atoms with van der Waals surface area (Å²) in [6.45, 7) is 0. The van der Waals surface area contributed by atoms with Crippen molar-refractivity contribution in [2.45, 2.75) is 0 Å². The first-order valence-electron chi connectivity index (χ1n) is 8.54. The maximum atomic E-state index is 11.4. The van der Waals surface area contributed by atoms with Crippen molar-refractivity contribution < 1.29 is 8.42 Å². The molecule has 0 unspecified atom stereocenters. The molecule has 0 amide bonds. The molecular weight excluding hydrogens is 358 g/mol. The summed E-state index contributed by atoms with van der Waals surface area (Å²) >= 11 is 0. The van der Waals surface area contributed by atoms with Crippen LogP contribution in [-0.2, 0) is 10.0 Å². The van der Waals surface area contributed by atoms with Crippen LogP contribution in [0.15, 0.2) is 78.9 Å². The third kappa shape index (κ3) is 4.80. The summed E-state index contributed by atoms with van der Waals surface area (Å²) in [7, 11) is 0.690. The van der Waals surface area contributed by atoms with Gasteiger partial charge in [0.05, 0.1) is 11.9 Å². The van der Waals surface area contributed by atoms with Crippen LogP contribution in [0.4, 0.5) is 28.4 Å². The summed E-state index contributed by atoms with van der Waals surface area (Å²) in [5.41, 5.74) is 4.66. The smallest absolute Gasteiger partial charge is 0.229 e. The standard InChI is InChI=1S/C21H23N3O2S/c1-23(18-9-5-4-6-10-18)19-12-14-20(15-13-19)24(2)21-11-7-8-17(16-21)22-27(3,25)26/h4-16,22H,1-3H3. The molecule has 0 fully saturated rings. The monoisotopic (exact) mass is 381 g/mol. The Bertz CT molecular complexity index is 1000. The molecule has 0 spiro atoms. The van der Waals surface area contributed by atoms with Crippen molar-refractivity contribution in [1.29, 1.82) is 0 Å². The van der Waals surface area contributed by atoms with Gasteiger partial charge in [-0.15, -0.1) is 0 Å². The number of anilines is 5. The summed E-state index contributed by atoms with van der Waals surface area (Å²) in [4.78, 5) is 4.14. The molecule has 1 N–H and O–H groups in total. The quantitative estimate of drug-likeness (QED) is 0.678. The van der Waals surface area contributed by atoms with Gasteiger partial charge in [0.2, 0.25) is 10.0 Å². The summed E-state index contributed by atoms with van der Waals surface area (Å²) in [5, 5.41) is 0. The minimum absolute atomic E-state index is 0.544. The van der Waals surface area contributed by atoms with E-state index in [0.29, 0.717) is 5.69 Å². The number of nitrogens with zero attached hydrogens (tertiary/aromatic N) is 2. The maximum absolute atomic E-state index is 11.4. The van der Waals surface area contributed by atoms with E-state index in [1.165, 1.54) is 0 Å². The lowest BCUT2D eigenvalue weighted by atomic mass is 10.2. The topological polar surface area (TPSA) is 52.6 Å². The maximum Gasteiger partial charge on any atom is 0.229 e. The van der Waals surface area contributed by atoms with E-state index in [9.17, 15) is 8.42 Å². The van der Waals surface area contributed by atoms with Gasteiger partial charge in [-0.3, -0.25) is 4.72 Å². The van der Waals surface area contributed by atoms with Gasteiger partial charge in [0.1, 0.15) is 0 Å². The molecule has 0 saturated heterocycles. The second-order valence-electron chi connectivity index (χ2n) is 6.39. The predicted molar refractivity (Wildman–Crippen MR) is 114 cm³/mol. The van der Waals surface area contributed by atoms with Crippen LogP contribution in [0, 0.1) is 0 Å². The average molecular weight is 382 g/mol. The molecule has 3 rings (SSSR count). The highest BCUT2D eigenvalue weighted by molar-refractivity contribution is 7.92. The van der Waals surface area contributed by atoms with Crippen LogP contribution in [0.25, 0.3) is 0 Å². The summed E-state index contributed by atoms with van der Waals surface area (Å²) in [6.07, 6.45) is 1.14. The number of hydrogen-bond donors (Lipinski definition) is 1. The molecule has 0 radical (unpaired) electrons. The van der Waals surface area contributed by atoms with E-state index in [-0.39, 0.29) is 0 Å². The third-order valence-electron chi connectivity index (χ3n) is 4.30. The van der Waals surface area contributed by atoms with Gasteiger partial charge in [0.25, 0.3) is 0 Å². The molecule has 0 aliphatic carbocycles. The van der Waals surface area contributed by atoms with Crippen LogP contribution >= 0.6 is 0 Å². The highest BCUT2D eigenvalue weighted by Gasteiger charge is 2.09. The number of rotatable bonds is 6. The molecule has 27 heavy (non-hydrogen) atoms. The van der Waals surface area contributed by atoms with Gasteiger partial charge in [-0.2, -0.15) is 0 Å². The van der Waals surface area contributed by atoms with Crippen molar-refractivity contribution in [2.24, 2.45) is 0 Å². The van der Waals surface area contributed by atoms with Gasteiger partial charge < -0.3 is 9.80 Å². The fraction of sp³-hybridized carbons (Fsp3) is 0.143. The zero-order chi connectivity index (χ0) is 19.4. The summed E-state index contributed by atoms with van der Waals surface area (Å²) in [6, 6.07) is 25.7. The van der Waals surface area contributed by atoms with Crippen molar-refractivity contribution in [2.75, 3.05) is 34.9 Å². The van der Waals surface area contributed by atoms with Gasteiger partial charge in [0.15, 0.2) is 0 Å². The van der Waals surface area contributed by atoms with Crippen molar-refractivity contribution >= 4 is 38.5 Å². The van der Waals surface area contributed by atoms with Gasteiger partial charge in [0, 0.05) is 36.8 Å². The van der Waals surface area contributed by atoms with E-state index in [1.54, 1.807) is 6.07 Å². The molecule has 6 heteroatoms. The number of hydrogen-bond acceptors (Lipinski definition) is 4. The number of nitrogens with one attached hydrogen (secondary N) is 1. The first kappa shape index (κ1) is 18.8. The molecule has 0 aliphatic heterocycles. The van der Waals surface area contributed by atoms with Crippen molar-refractivity contribution in [1.82, 2.24) is 0 Å². The lowest BCUT2D eigenvalue weighted by Gasteiger charge is -2.23. The molecule has 0 aliphatic rings. The van der Waals surface area contributed by atoms with E-state index in [1.807, 2.05) is 67.5 Å². The van der Waals surface area contributed by atoms with Crippen molar-refractivity contribution in [3.8, 4) is 0 Å².